The van der Waals surface area contributed by atoms with Gasteiger partial charge in [-0.1, -0.05) is 18.6 Å². The van der Waals surface area contributed by atoms with Gasteiger partial charge in [0.2, 0.25) is 5.91 Å². The molecule has 3 aliphatic rings. The molecule has 4 heteroatoms. The highest BCUT2D eigenvalue weighted by molar-refractivity contribution is 5.79. The van der Waals surface area contributed by atoms with Gasteiger partial charge in [-0.05, 0) is 55.2 Å². The van der Waals surface area contributed by atoms with E-state index in [0.717, 1.165) is 24.8 Å². The second-order valence-corrected chi connectivity index (χ2v) is 7.80. The second kappa shape index (κ2) is 5.89. The number of carbonyl (C=O) groups is 1. The summed E-state index contributed by atoms with van der Waals surface area (Å²) in [6.45, 7) is 1.21. The smallest absolute Gasteiger partial charge is 0.223 e. The number of rotatable bonds is 4. The Balaban J connectivity index is 1.40. The summed E-state index contributed by atoms with van der Waals surface area (Å²) in [5, 5.41) is 12.2. The average molecular weight is 324 g/mol. The minimum atomic E-state index is -0.449. The number of amides is 1. The van der Waals surface area contributed by atoms with Crippen molar-refractivity contribution in [2.24, 2.45) is 11.3 Å². The third kappa shape index (κ3) is 2.61. The van der Waals surface area contributed by atoms with Crippen molar-refractivity contribution in [3.05, 3.63) is 35.4 Å². The topological polar surface area (TPSA) is 62.1 Å². The fourth-order valence-electron chi connectivity index (χ4n) is 4.63. The molecule has 1 aromatic carbocycles. The van der Waals surface area contributed by atoms with Crippen LogP contribution >= 0.6 is 0 Å². The number of ether oxygens (including phenoxy) is 1. The van der Waals surface area contributed by atoms with Gasteiger partial charge in [0.25, 0.3) is 0 Å². The zero-order chi connectivity index (χ0) is 16.6. The predicted octanol–water partition coefficient (Wildman–Crippen LogP) is 3.26. The Hall–Kier alpha value is -1.86. The molecule has 1 spiro atoms. The van der Waals surface area contributed by atoms with Crippen LogP contribution in [0.2, 0.25) is 0 Å². The number of hydrogen-bond donors (Lipinski definition) is 1. The lowest BCUT2D eigenvalue weighted by molar-refractivity contribution is -0.156. The van der Waals surface area contributed by atoms with Crippen molar-refractivity contribution in [1.82, 2.24) is 5.32 Å². The van der Waals surface area contributed by atoms with Crippen molar-refractivity contribution in [1.29, 1.82) is 5.26 Å². The average Bonchev–Trinajstić information content (AvgIpc) is 3.00. The highest BCUT2D eigenvalue weighted by Gasteiger charge is 2.46. The quantitative estimate of drug-likeness (QED) is 0.924. The van der Waals surface area contributed by atoms with E-state index in [-0.39, 0.29) is 11.8 Å². The van der Waals surface area contributed by atoms with Crippen LogP contribution in [0.15, 0.2) is 24.3 Å². The summed E-state index contributed by atoms with van der Waals surface area (Å²) in [5.74, 6) is 0.359. The lowest BCUT2D eigenvalue weighted by Gasteiger charge is -2.42. The highest BCUT2D eigenvalue weighted by Crippen LogP contribution is 2.55. The minimum absolute atomic E-state index is 0.174. The number of nitrogens with zero attached hydrogens (tertiary/aromatic N) is 1. The molecule has 1 aliphatic heterocycles. The first kappa shape index (κ1) is 15.7. The standard InChI is InChI=1S/C20H24N2O2/c21-13-15-3-1-4-17(11-15)20(9-10-24-20)14-22-18(23)16-5-8-19(12-16)6-2-7-19/h1,3-4,11,16H,2,5-10,12,14H2,(H,22,23)/t16?,20-/m0/s1. The fourth-order valence-corrected chi connectivity index (χ4v) is 4.63. The second-order valence-electron chi connectivity index (χ2n) is 7.80. The molecule has 3 fully saturated rings. The Kier molecular flexibility index (Phi) is 3.85. The van der Waals surface area contributed by atoms with Gasteiger partial charge in [0.05, 0.1) is 24.8 Å². The van der Waals surface area contributed by atoms with E-state index in [1.807, 2.05) is 18.2 Å². The van der Waals surface area contributed by atoms with Crippen LogP contribution in [-0.4, -0.2) is 19.1 Å². The van der Waals surface area contributed by atoms with E-state index in [1.54, 1.807) is 6.07 Å². The number of carbonyl (C=O) groups excluding carboxylic acids is 1. The van der Waals surface area contributed by atoms with E-state index in [9.17, 15) is 4.79 Å². The van der Waals surface area contributed by atoms with Crippen LogP contribution in [0.4, 0.5) is 0 Å². The lowest BCUT2D eigenvalue weighted by Crippen LogP contribution is -2.50. The van der Waals surface area contributed by atoms with E-state index in [1.165, 1.54) is 25.7 Å². The van der Waals surface area contributed by atoms with Gasteiger partial charge in [0.15, 0.2) is 0 Å². The Morgan fingerprint density at radius 3 is 2.75 bits per heavy atom. The van der Waals surface area contributed by atoms with Crippen LogP contribution in [0, 0.1) is 22.7 Å². The van der Waals surface area contributed by atoms with E-state index in [2.05, 4.69) is 11.4 Å². The van der Waals surface area contributed by atoms with Crippen molar-refractivity contribution in [3.63, 3.8) is 0 Å². The maximum Gasteiger partial charge on any atom is 0.223 e. The Morgan fingerprint density at radius 1 is 1.33 bits per heavy atom. The van der Waals surface area contributed by atoms with E-state index in [0.29, 0.717) is 24.1 Å². The number of hydrogen-bond acceptors (Lipinski definition) is 3. The summed E-state index contributed by atoms with van der Waals surface area (Å²) < 4.78 is 5.87. The molecular formula is C20H24N2O2. The van der Waals surface area contributed by atoms with Gasteiger partial charge >= 0.3 is 0 Å². The largest absolute Gasteiger partial charge is 0.368 e. The number of nitriles is 1. The fraction of sp³-hybridized carbons (Fsp3) is 0.600. The Bertz CT molecular complexity index is 683. The molecule has 1 amide bonds. The summed E-state index contributed by atoms with van der Waals surface area (Å²) in [7, 11) is 0. The van der Waals surface area contributed by atoms with Gasteiger partial charge in [0.1, 0.15) is 5.60 Å². The molecule has 1 aromatic rings. The first-order chi connectivity index (χ1) is 11.6. The molecule has 24 heavy (non-hydrogen) atoms. The third-order valence-corrected chi connectivity index (χ3v) is 6.44. The van der Waals surface area contributed by atoms with Gasteiger partial charge in [-0.2, -0.15) is 5.26 Å². The van der Waals surface area contributed by atoms with Crippen LogP contribution in [0.1, 0.15) is 56.1 Å². The molecule has 1 saturated heterocycles. The highest BCUT2D eigenvalue weighted by atomic mass is 16.5. The summed E-state index contributed by atoms with van der Waals surface area (Å²) in [6.07, 6.45) is 8.16. The van der Waals surface area contributed by atoms with Crippen LogP contribution < -0.4 is 5.32 Å². The maximum atomic E-state index is 12.6. The number of benzene rings is 1. The molecule has 0 radical (unpaired) electrons. The van der Waals surface area contributed by atoms with Crippen molar-refractivity contribution in [2.45, 2.75) is 50.5 Å². The zero-order valence-corrected chi connectivity index (χ0v) is 14.0. The summed E-state index contributed by atoms with van der Waals surface area (Å²) in [6, 6.07) is 9.73. The third-order valence-electron chi connectivity index (χ3n) is 6.44. The lowest BCUT2D eigenvalue weighted by atomic mass is 9.67. The van der Waals surface area contributed by atoms with Crippen molar-refractivity contribution in [2.75, 3.05) is 13.2 Å². The molecule has 126 valence electrons. The first-order valence-electron chi connectivity index (χ1n) is 9.07. The summed E-state index contributed by atoms with van der Waals surface area (Å²) in [5.41, 5.74) is 1.68. The molecule has 4 nitrogen and oxygen atoms in total. The molecule has 1 N–H and O–H groups in total. The molecule has 2 saturated carbocycles. The van der Waals surface area contributed by atoms with Crippen molar-refractivity contribution in [3.8, 4) is 6.07 Å². The van der Waals surface area contributed by atoms with Gasteiger partial charge in [-0.15, -0.1) is 0 Å². The predicted molar refractivity (Wildman–Crippen MR) is 90.0 cm³/mol. The van der Waals surface area contributed by atoms with Gasteiger partial charge in [0, 0.05) is 12.3 Å². The van der Waals surface area contributed by atoms with Crippen LogP contribution in [0.5, 0.6) is 0 Å². The number of nitrogens with one attached hydrogen (secondary N) is 1. The molecule has 1 heterocycles. The monoisotopic (exact) mass is 324 g/mol. The van der Waals surface area contributed by atoms with Crippen LogP contribution in [0.3, 0.4) is 0 Å². The molecule has 0 aromatic heterocycles. The molecular weight excluding hydrogens is 300 g/mol. The van der Waals surface area contributed by atoms with Crippen LogP contribution in [-0.2, 0) is 15.1 Å². The Morgan fingerprint density at radius 2 is 2.17 bits per heavy atom. The molecule has 2 aliphatic carbocycles. The van der Waals surface area contributed by atoms with Gasteiger partial charge in [-0.3, -0.25) is 4.79 Å². The zero-order valence-electron chi connectivity index (χ0n) is 14.0. The molecule has 2 atom stereocenters. The van der Waals surface area contributed by atoms with Gasteiger partial charge in [-0.25, -0.2) is 0 Å². The summed E-state index contributed by atoms with van der Waals surface area (Å²) in [4.78, 5) is 12.6. The van der Waals surface area contributed by atoms with Crippen molar-refractivity contribution < 1.29 is 9.53 Å². The first-order valence-corrected chi connectivity index (χ1v) is 9.07. The van der Waals surface area contributed by atoms with E-state index in [4.69, 9.17) is 10.00 Å². The van der Waals surface area contributed by atoms with Gasteiger partial charge < -0.3 is 10.1 Å². The molecule has 0 bridgehead atoms. The molecule has 1 unspecified atom stereocenters. The minimum Gasteiger partial charge on any atom is -0.368 e. The Labute approximate surface area is 143 Å². The van der Waals surface area contributed by atoms with Crippen LogP contribution in [0.25, 0.3) is 0 Å². The SMILES string of the molecule is N#Cc1cccc([C@@]2(CNC(=O)C3CCC4(CCC4)C3)CCO2)c1. The maximum absolute atomic E-state index is 12.6. The summed E-state index contributed by atoms with van der Waals surface area (Å²) >= 11 is 0. The van der Waals surface area contributed by atoms with E-state index < -0.39 is 5.60 Å². The molecule has 4 rings (SSSR count). The van der Waals surface area contributed by atoms with E-state index >= 15 is 0 Å². The van der Waals surface area contributed by atoms with Crippen molar-refractivity contribution >= 4 is 5.91 Å². The normalized spacial score (nSPS) is 30.2.